The number of nitrogens with one attached hydrogen (secondary N) is 2. The predicted molar refractivity (Wildman–Crippen MR) is 113 cm³/mol. The van der Waals surface area contributed by atoms with Gasteiger partial charge in [0.2, 0.25) is 0 Å². The van der Waals surface area contributed by atoms with Gasteiger partial charge in [0.15, 0.2) is 5.96 Å². The van der Waals surface area contributed by atoms with Crippen LogP contribution in [0.25, 0.3) is 0 Å². The van der Waals surface area contributed by atoms with E-state index < -0.39 is 5.60 Å². The zero-order chi connectivity index (χ0) is 21.2. The molecule has 1 aromatic heterocycles. The maximum Gasteiger partial charge on any atom is 0.407 e. The summed E-state index contributed by atoms with van der Waals surface area (Å²) in [7, 11) is 3.79. The number of carbonyl (C=O) groups excluding carboxylic acids is 1. The Hall–Kier alpha value is -2.25. The Bertz CT molecular complexity index is 592. The highest BCUT2D eigenvalue weighted by Gasteiger charge is 2.22. The minimum absolute atomic E-state index is 0.0372. The number of rotatable bonds is 9. The number of ether oxygens (including phenoxy) is 1. The molecule has 1 heterocycles. The number of nitrogens with zero attached hydrogens (tertiary/aromatic N) is 4. The highest BCUT2D eigenvalue weighted by atomic mass is 16.6. The van der Waals surface area contributed by atoms with E-state index in [2.05, 4.69) is 39.5 Å². The number of aryl methyl sites for hydroxylation is 1. The van der Waals surface area contributed by atoms with Crippen LogP contribution in [-0.4, -0.2) is 65.6 Å². The van der Waals surface area contributed by atoms with Gasteiger partial charge >= 0.3 is 6.09 Å². The molecule has 8 nitrogen and oxygen atoms in total. The summed E-state index contributed by atoms with van der Waals surface area (Å²) >= 11 is 0. The smallest absolute Gasteiger partial charge is 0.407 e. The van der Waals surface area contributed by atoms with Gasteiger partial charge in [0.05, 0.1) is 0 Å². The van der Waals surface area contributed by atoms with Crippen LogP contribution in [0.1, 0.15) is 47.5 Å². The SMILES string of the molecule is CN=C(NCCCn1cccn1)N(C)CCC(NC(=O)OC(C)(C)C)C(C)C. The number of aromatic nitrogens is 2. The molecule has 160 valence electrons. The number of hydrogen-bond donors (Lipinski definition) is 2. The third kappa shape index (κ3) is 9.62. The average molecular weight is 395 g/mol. The van der Waals surface area contributed by atoms with Crippen LogP contribution in [0.2, 0.25) is 0 Å². The minimum atomic E-state index is -0.496. The van der Waals surface area contributed by atoms with E-state index >= 15 is 0 Å². The largest absolute Gasteiger partial charge is 0.444 e. The topological polar surface area (TPSA) is 83.8 Å². The maximum absolute atomic E-state index is 12.1. The third-order valence-electron chi connectivity index (χ3n) is 4.26. The molecule has 1 aromatic rings. The molecule has 2 N–H and O–H groups in total. The normalized spacial score (nSPS) is 13.4. The van der Waals surface area contributed by atoms with Crippen molar-refractivity contribution in [3.63, 3.8) is 0 Å². The minimum Gasteiger partial charge on any atom is -0.444 e. The van der Waals surface area contributed by atoms with Crippen LogP contribution < -0.4 is 10.6 Å². The first-order valence-electron chi connectivity index (χ1n) is 10.0. The Morgan fingerprint density at radius 2 is 2.07 bits per heavy atom. The van der Waals surface area contributed by atoms with Gasteiger partial charge in [0.1, 0.15) is 5.60 Å². The highest BCUT2D eigenvalue weighted by molar-refractivity contribution is 5.79. The summed E-state index contributed by atoms with van der Waals surface area (Å²) in [5.74, 6) is 1.16. The Kier molecular flexibility index (Phi) is 9.82. The van der Waals surface area contributed by atoms with Gasteiger partial charge in [-0.3, -0.25) is 9.67 Å². The van der Waals surface area contributed by atoms with E-state index in [9.17, 15) is 4.79 Å². The highest BCUT2D eigenvalue weighted by Crippen LogP contribution is 2.11. The summed E-state index contributed by atoms with van der Waals surface area (Å²) in [5.41, 5.74) is -0.496. The molecular weight excluding hydrogens is 356 g/mol. The second kappa shape index (κ2) is 11.6. The molecule has 0 aliphatic carbocycles. The summed E-state index contributed by atoms with van der Waals surface area (Å²) in [6, 6.07) is 1.96. The second-order valence-corrected chi connectivity index (χ2v) is 8.30. The van der Waals surface area contributed by atoms with Gasteiger partial charge in [-0.25, -0.2) is 4.79 Å². The lowest BCUT2D eigenvalue weighted by Gasteiger charge is -2.28. The lowest BCUT2D eigenvalue weighted by Crippen LogP contribution is -2.45. The number of amides is 1. The van der Waals surface area contributed by atoms with Crippen LogP contribution in [0.4, 0.5) is 4.79 Å². The fourth-order valence-electron chi connectivity index (χ4n) is 2.73. The van der Waals surface area contributed by atoms with Crippen molar-refractivity contribution in [3.8, 4) is 0 Å². The molecule has 0 bridgehead atoms. The van der Waals surface area contributed by atoms with Gasteiger partial charge < -0.3 is 20.3 Å². The molecule has 0 aliphatic rings. The molecule has 1 unspecified atom stereocenters. The molecule has 8 heteroatoms. The molecule has 0 spiro atoms. The maximum atomic E-state index is 12.1. The second-order valence-electron chi connectivity index (χ2n) is 8.30. The van der Waals surface area contributed by atoms with Gasteiger partial charge in [-0.05, 0) is 45.6 Å². The third-order valence-corrected chi connectivity index (χ3v) is 4.26. The standard InChI is InChI=1S/C20H38N6O2/c1-16(2)17(24-19(27)28-20(3,4)5)10-15-25(7)18(21-6)22-11-8-13-26-14-9-12-23-26/h9,12,14,16-17H,8,10-11,13,15H2,1-7H3,(H,21,22)(H,24,27). The number of alkyl carbamates (subject to hydrolysis) is 1. The molecule has 0 saturated heterocycles. The molecule has 0 fully saturated rings. The van der Waals surface area contributed by atoms with Crippen LogP contribution in [0.15, 0.2) is 23.5 Å². The van der Waals surface area contributed by atoms with E-state index in [1.165, 1.54) is 0 Å². The average Bonchev–Trinajstić information content (AvgIpc) is 3.10. The van der Waals surface area contributed by atoms with Crippen molar-refractivity contribution < 1.29 is 9.53 Å². The van der Waals surface area contributed by atoms with E-state index in [0.717, 1.165) is 38.4 Å². The molecular formula is C20H38N6O2. The van der Waals surface area contributed by atoms with Gasteiger partial charge in [-0.15, -0.1) is 0 Å². The van der Waals surface area contributed by atoms with Gasteiger partial charge in [-0.1, -0.05) is 13.8 Å². The Labute approximate surface area is 169 Å². The molecule has 0 aromatic carbocycles. The van der Waals surface area contributed by atoms with Gasteiger partial charge in [-0.2, -0.15) is 5.10 Å². The lowest BCUT2D eigenvalue weighted by molar-refractivity contribution is 0.0486. The Morgan fingerprint density at radius 1 is 1.36 bits per heavy atom. The Balaban J connectivity index is 2.41. The van der Waals surface area contributed by atoms with Crippen molar-refractivity contribution in [2.45, 2.75) is 65.6 Å². The fraction of sp³-hybridized carbons (Fsp3) is 0.750. The number of carbonyl (C=O) groups is 1. The van der Waals surface area contributed by atoms with Crippen molar-refractivity contribution in [2.75, 3.05) is 27.2 Å². The molecule has 1 amide bonds. The van der Waals surface area contributed by atoms with Crippen molar-refractivity contribution in [3.05, 3.63) is 18.5 Å². The predicted octanol–water partition coefficient (Wildman–Crippen LogP) is 2.72. The van der Waals surface area contributed by atoms with Crippen molar-refractivity contribution in [1.82, 2.24) is 25.3 Å². The quantitative estimate of drug-likeness (QED) is 0.382. The molecule has 1 atom stereocenters. The first-order valence-corrected chi connectivity index (χ1v) is 10.0. The van der Waals surface area contributed by atoms with E-state index in [-0.39, 0.29) is 12.1 Å². The van der Waals surface area contributed by atoms with Crippen LogP contribution in [0, 0.1) is 5.92 Å². The van der Waals surface area contributed by atoms with E-state index in [0.29, 0.717) is 5.92 Å². The van der Waals surface area contributed by atoms with Gasteiger partial charge in [0, 0.05) is 52.2 Å². The fourth-order valence-corrected chi connectivity index (χ4v) is 2.73. The van der Waals surface area contributed by atoms with Crippen molar-refractivity contribution in [1.29, 1.82) is 0 Å². The summed E-state index contributed by atoms with van der Waals surface area (Å²) in [4.78, 5) is 18.5. The van der Waals surface area contributed by atoms with Crippen LogP contribution in [0.5, 0.6) is 0 Å². The summed E-state index contributed by atoms with van der Waals surface area (Å²) < 4.78 is 7.30. The monoisotopic (exact) mass is 394 g/mol. The molecule has 0 aliphatic heterocycles. The first kappa shape index (κ1) is 23.8. The Morgan fingerprint density at radius 3 is 2.61 bits per heavy atom. The van der Waals surface area contributed by atoms with E-state index in [1.54, 1.807) is 13.2 Å². The summed E-state index contributed by atoms with van der Waals surface area (Å²) in [5, 5.41) is 10.6. The first-order chi connectivity index (χ1) is 13.1. The number of guanidine groups is 1. The molecule has 28 heavy (non-hydrogen) atoms. The number of hydrogen-bond acceptors (Lipinski definition) is 4. The van der Waals surface area contributed by atoms with Crippen LogP contribution in [0.3, 0.4) is 0 Å². The molecule has 0 saturated carbocycles. The molecule has 1 rings (SSSR count). The summed E-state index contributed by atoms with van der Waals surface area (Å²) in [6.07, 6.45) is 5.15. The van der Waals surface area contributed by atoms with Crippen molar-refractivity contribution >= 4 is 12.1 Å². The van der Waals surface area contributed by atoms with Crippen LogP contribution in [-0.2, 0) is 11.3 Å². The van der Waals surface area contributed by atoms with Crippen molar-refractivity contribution in [2.24, 2.45) is 10.9 Å². The lowest BCUT2D eigenvalue weighted by atomic mass is 10.0. The van der Waals surface area contributed by atoms with E-state index in [4.69, 9.17) is 4.74 Å². The zero-order valence-corrected chi connectivity index (χ0v) is 18.5. The summed E-state index contributed by atoms with van der Waals surface area (Å²) in [6.45, 7) is 12.3. The molecule has 0 radical (unpaired) electrons. The zero-order valence-electron chi connectivity index (χ0n) is 18.5. The van der Waals surface area contributed by atoms with E-state index in [1.807, 2.05) is 44.8 Å². The van der Waals surface area contributed by atoms with Gasteiger partial charge in [0.25, 0.3) is 0 Å². The van der Waals surface area contributed by atoms with Crippen LogP contribution >= 0.6 is 0 Å². The number of aliphatic imine (C=N–C) groups is 1.